The number of rotatable bonds is 10. The Morgan fingerprint density at radius 3 is 2.80 bits per heavy atom. The van der Waals surface area contributed by atoms with Gasteiger partial charge >= 0.3 is 0 Å². The number of carbonyl (C=O) groups excluding carboxylic acids is 1. The van der Waals surface area contributed by atoms with Crippen LogP contribution in [-0.4, -0.2) is 78.0 Å². The second kappa shape index (κ2) is 12.6. The molecule has 2 aromatic heterocycles. The van der Waals surface area contributed by atoms with Crippen LogP contribution in [-0.2, 0) is 16.0 Å². The molecule has 0 spiro atoms. The maximum Gasteiger partial charge on any atom is 0.247 e. The Hall–Kier alpha value is -4.74. The molecule has 0 aliphatic carbocycles. The van der Waals surface area contributed by atoms with E-state index < -0.39 is 61.4 Å². The fraction of sp³-hybridized carbons (Fsp3) is 0.267. The summed E-state index contributed by atoms with van der Waals surface area (Å²) >= 11 is 0. The van der Waals surface area contributed by atoms with Crippen LogP contribution in [0.1, 0.15) is 20.6 Å². The highest BCUT2D eigenvalue weighted by molar-refractivity contribution is 6.02. The van der Waals surface area contributed by atoms with Gasteiger partial charge in [-0.15, -0.1) is 0 Å². The average Bonchev–Trinajstić information content (AvgIpc) is 3.44. The Kier molecular flexibility index (Phi) is 5.28. The van der Waals surface area contributed by atoms with Crippen molar-refractivity contribution in [1.82, 2.24) is 24.6 Å². The van der Waals surface area contributed by atoms with Crippen LogP contribution in [0.5, 0.6) is 5.75 Å². The van der Waals surface area contributed by atoms with E-state index in [9.17, 15) is 4.79 Å². The summed E-state index contributed by atoms with van der Waals surface area (Å²) in [5, 5.41) is 9.99. The predicted octanol–water partition coefficient (Wildman–Crippen LogP) is 4.10. The van der Waals surface area contributed by atoms with Crippen molar-refractivity contribution >= 4 is 28.9 Å². The molecule has 2 N–H and O–H groups in total. The third-order valence-corrected chi connectivity index (χ3v) is 5.83. The Bertz CT molecular complexity index is 2000. The van der Waals surface area contributed by atoms with E-state index in [0.29, 0.717) is 32.0 Å². The van der Waals surface area contributed by atoms with Crippen molar-refractivity contribution in [2.75, 3.05) is 63.0 Å². The summed E-state index contributed by atoms with van der Waals surface area (Å²) < 4.78 is 103. The number of aromatic nitrogens is 4. The summed E-state index contributed by atoms with van der Waals surface area (Å²) in [5.74, 6) is -0.935. The molecule has 5 rings (SSSR count). The molecule has 0 unspecified atom stereocenters. The van der Waals surface area contributed by atoms with E-state index in [1.807, 2.05) is 4.90 Å². The Morgan fingerprint density at radius 2 is 2.07 bits per heavy atom. The Labute approximate surface area is 254 Å². The van der Waals surface area contributed by atoms with Crippen molar-refractivity contribution in [2.45, 2.75) is 6.50 Å². The number of amides is 1. The number of nitrogens with zero attached hydrogens (tertiary/aromatic N) is 6. The van der Waals surface area contributed by atoms with Gasteiger partial charge in [0.25, 0.3) is 0 Å². The van der Waals surface area contributed by atoms with Gasteiger partial charge in [0.05, 0.1) is 55.3 Å². The fourth-order valence-electron chi connectivity index (χ4n) is 4.04. The van der Waals surface area contributed by atoms with Crippen LogP contribution in [0, 0.1) is 0 Å². The third kappa shape index (κ3) is 6.53. The molecular weight excluding hydrogens is 520 g/mol. The molecule has 1 aliphatic heterocycles. The lowest BCUT2D eigenvalue weighted by Gasteiger charge is -2.31. The minimum absolute atomic E-state index is 0.0284. The molecule has 0 saturated carbocycles. The van der Waals surface area contributed by atoms with Gasteiger partial charge in [-0.3, -0.25) is 4.79 Å². The second-order valence-corrected chi connectivity index (χ2v) is 8.88. The van der Waals surface area contributed by atoms with Gasteiger partial charge in [0.1, 0.15) is 5.75 Å². The van der Waals surface area contributed by atoms with Crippen molar-refractivity contribution in [3.05, 3.63) is 79.0 Å². The monoisotopic (exact) mass is 565 g/mol. The van der Waals surface area contributed by atoms with Gasteiger partial charge in [0, 0.05) is 58.0 Å². The van der Waals surface area contributed by atoms with Crippen LogP contribution in [0.25, 0.3) is 17.1 Å². The molecule has 1 amide bonds. The number of carbonyl (C=O) groups is 1. The highest BCUT2D eigenvalue weighted by Crippen LogP contribution is 2.38. The lowest BCUT2D eigenvalue weighted by Crippen LogP contribution is -2.36. The summed E-state index contributed by atoms with van der Waals surface area (Å²) in [7, 11) is -0.0709. The fourth-order valence-corrected chi connectivity index (χ4v) is 4.04. The lowest BCUT2D eigenvalue weighted by molar-refractivity contribution is -0.111. The molecule has 0 radical (unpaired) electrons. The van der Waals surface area contributed by atoms with Gasteiger partial charge in [-0.1, -0.05) is 36.8 Å². The maximum absolute atomic E-state index is 12.4. The van der Waals surface area contributed by atoms with Crippen molar-refractivity contribution in [3.63, 3.8) is 0 Å². The summed E-state index contributed by atoms with van der Waals surface area (Å²) in [6, 6.07) is 0.957. The number of ether oxygens (including phenoxy) is 2. The van der Waals surface area contributed by atoms with Crippen molar-refractivity contribution in [1.29, 1.82) is 0 Å². The van der Waals surface area contributed by atoms with Crippen molar-refractivity contribution < 1.29 is 29.3 Å². The van der Waals surface area contributed by atoms with E-state index in [0.717, 1.165) is 15.7 Å². The van der Waals surface area contributed by atoms with Crippen LogP contribution in [0.3, 0.4) is 0 Å². The van der Waals surface area contributed by atoms with Crippen LogP contribution in [0.15, 0.2) is 73.4 Å². The molecule has 11 heteroatoms. The smallest absolute Gasteiger partial charge is 0.247 e. The predicted molar refractivity (Wildman–Crippen MR) is 160 cm³/mol. The average molecular weight is 566 g/mol. The zero-order valence-corrected chi connectivity index (χ0v) is 22.3. The van der Waals surface area contributed by atoms with Crippen molar-refractivity contribution in [2.24, 2.45) is 0 Å². The summed E-state index contributed by atoms with van der Waals surface area (Å²) in [6.07, 6.45) is 1.81. The number of hydrogen-bond acceptors (Lipinski definition) is 9. The zero-order valence-electron chi connectivity index (χ0n) is 33.3. The molecular formula is C30H34N8O3. The number of hydrogen-bond donors (Lipinski definition) is 2. The zero-order chi connectivity index (χ0) is 38.3. The van der Waals surface area contributed by atoms with E-state index in [2.05, 4.69) is 32.3 Å². The number of methoxy groups -OCH3 is 1. The summed E-state index contributed by atoms with van der Waals surface area (Å²) in [6.45, 7) is 2.76. The van der Waals surface area contributed by atoms with E-state index in [-0.39, 0.29) is 40.1 Å². The molecule has 2 aromatic carbocycles. The molecule has 41 heavy (non-hydrogen) atoms. The molecule has 1 aliphatic rings. The molecule has 4 aromatic rings. The minimum Gasteiger partial charge on any atom is -0.494 e. The van der Waals surface area contributed by atoms with E-state index in [1.165, 1.54) is 38.5 Å². The molecule has 0 bridgehead atoms. The Morgan fingerprint density at radius 1 is 1.27 bits per heavy atom. The first kappa shape index (κ1) is 17.2. The lowest BCUT2D eigenvalue weighted by atomic mass is 10.1. The van der Waals surface area contributed by atoms with Gasteiger partial charge in [0.2, 0.25) is 11.9 Å². The summed E-state index contributed by atoms with van der Waals surface area (Å²) in [5.41, 5.74) is -0.408. The number of benzene rings is 2. The Balaban J connectivity index is 1.66. The first-order valence-corrected chi connectivity index (χ1v) is 12.4. The largest absolute Gasteiger partial charge is 0.494 e. The van der Waals surface area contributed by atoms with Crippen molar-refractivity contribution in [3.8, 4) is 22.8 Å². The van der Waals surface area contributed by atoms with Gasteiger partial charge < -0.3 is 29.9 Å². The van der Waals surface area contributed by atoms with Crippen LogP contribution >= 0.6 is 0 Å². The molecule has 212 valence electrons. The molecule has 0 atom stereocenters. The number of nitrogens with one attached hydrogen (secondary N) is 2. The van der Waals surface area contributed by atoms with E-state index >= 15 is 0 Å². The second-order valence-electron chi connectivity index (χ2n) is 8.88. The van der Waals surface area contributed by atoms with Crippen LogP contribution in [0.4, 0.5) is 23.0 Å². The van der Waals surface area contributed by atoms with E-state index in [1.54, 1.807) is 0 Å². The van der Waals surface area contributed by atoms with Gasteiger partial charge in [0.15, 0.2) is 5.82 Å². The quantitative estimate of drug-likeness (QED) is 0.275. The number of morpholine rings is 1. The maximum atomic E-state index is 12.4. The standard InChI is InChI=1S/C30H34N8O3/c1-5-28(39)32-23-17-24(26(40-4)18-25(23)37-13-15-41-16-14-37)33-30-31-12-11-27(34-30)38-20-22(19-36(2)3)29(35-38)21-9-7-6-8-10-21/h5-12,17-18,20H,1,13-16,19H2,2-4H3,(H,32,39)(H,31,33,34)/i4D3,6D,7D,8D,9D,10D,19D2,20D. The van der Waals surface area contributed by atoms with E-state index in [4.69, 9.17) is 24.6 Å². The van der Waals surface area contributed by atoms with Crippen LogP contribution < -0.4 is 20.3 Å². The highest BCUT2D eigenvalue weighted by atomic mass is 16.5. The third-order valence-electron chi connectivity index (χ3n) is 5.83. The SMILES string of the molecule is [2H]c1c([2H])c([2H])c(-c2nn(-c3ccnc(Nc4cc(NC(=O)C=C)c(N5CCOCC5)cc4OC([2H])([2H])[2H])n3)c([2H])c2C([2H])([2H])N(C)C)c([2H])c1[2H]. The first-order chi connectivity index (χ1) is 24.3. The first-order valence-electron chi connectivity index (χ1n) is 17.9. The minimum atomic E-state index is -2.88. The summed E-state index contributed by atoms with van der Waals surface area (Å²) in [4.78, 5) is 24.1. The van der Waals surface area contributed by atoms with Crippen LogP contribution in [0.2, 0.25) is 0 Å². The molecule has 1 saturated heterocycles. The molecule has 1 fully saturated rings. The molecule has 3 heterocycles. The van der Waals surface area contributed by atoms with Gasteiger partial charge in [-0.25, -0.2) is 9.67 Å². The van der Waals surface area contributed by atoms with Gasteiger partial charge in [-0.2, -0.15) is 10.1 Å². The topological polar surface area (TPSA) is 110 Å². The normalized spacial score (nSPS) is 17.7. The molecule has 11 nitrogen and oxygen atoms in total. The van der Waals surface area contributed by atoms with Gasteiger partial charge in [-0.05, 0) is 26.2 Å². The number of anilines is 4. The highest BCUT2D eigenvalue weighted by Gasteiger charge is 2.20.